The quantitative estimate of drug-likeness (QED) is 0.809. The van der Waals surface area contributed by atoms with Gasteiger partial charge in [0.2, 0.25) is 0 Å². The van der Waals surface area contributed by atoms with E-state index in [1.807, 2.05) is 6.92 Å². The van der Waals surface area contributed by atoms with Crippen LogP contribution >= 0.6 is 15.9 Å². The zero-order chi connectivity index (χ0) is 15.6. The zero-order valence-electron chi connectivity index (χ0n) is 11.6. The van der Waals surface area contributed by atoms with Crippen LogP contribution in [0.15, 0.2) is 45.8 Å². The number of anilines is 2. The monoisotopic (exact) mass is 370 g/mol. The van der Waals surface area contributed by atoms with Crippen molar-refractivity contribution in [2.75, 3.05) is 17.6 Å². The smallest absolute Gasteiger partial charge is 0.263 e. The molecule has 5 nitrogen and oxygen atoms in total. The van der Waals surface area contributed by atoms with Crippen LogP contribution in [0.2, 0.25) is 0 Å². The molecule has 0 aliphatic carbocycles. The second-order valence-electron chi connectivity index (χ2n) is 4.50. The van der Waals surface area contributed by atoms with Gasteiger partial charge in [0, 0.05) is 0 Å². The Bertz CT molecular complexity index is 776. The second-order valence-corrected chi connectivity index (χ2v) is 7.00. The topological polar surface area (TPSA) is 81.4 Å². The first kappa shape index (κ1) is 15.7. The van der Waals surface area contributed by atoms with E-state index >= 15 is 0 Å². The van der Waals surface area contributed by atoms with E-state index in [1.165, 1.54) is 13.2 Å². The van der Waals surface area contributed by atoms with E-state index in [0.717, 1.165) is 5.56 Å². The van der Waals surface area contributed by atoms with E-state index in [1.54, 1.807) is 30.3 Å². The summed E-state index contributed by atoms with van der Waals surface area (Å²) in [6.45, 7) is 1.85. The number of sulfonamides is 1. The molecule has 3 N–H and O–H groups in total. The van der Waals surface area contributed by atoms with Crippen molar-refractivity contribution in [2.24, 2.45) is 0 Å². The van der Waals surface area contributed by atoms with E-state index in [0.29, 0.717) is 15.9 Å². The van der Waals surface area contributed by atoms with Crippen LogP contribution in [-0.2, 0) is 10.0 Å². The van der Waals surface area contributed by atoms with E-state index in [-0.39, 0.29) is 10.6 Å². The van der Waals surface area contributed by atoms with Crippen LogP contribution in [-0.4, -0.2) is 15.5 Å². The van der Waals surface area contributed by atoms with Gasteiger partial charge in [0.15, 0.2) is 0 Å². The fraction of sp³-hybridized carbons (Fsp3) is 0.143. The lowest BCUT2D eigenvalue weighted by molar-refractivity contribution is 0.412. The number of hydrogen-bond donors (Lipinski definition) is 2. The van der Waals surface area contributed by atoms with Crippen LogP contribution in [0.4, 0.5) is 11.4 Å². The predicted molar refractivity (Wildman–Crippen MR) is 87.1 cm³/mol. The van der Waals surface area contributed by atoms with Gasteiger partial charge in [-0.3, -0.25) is 4.72 Å². The van der Waals surface area contributed by atoms with Crippen molar-refractivity contribution >= 4 is 37.3 Å². The molecule has 0 unspecified atom stereocenters. The molecule has 7 heteroatoms. The normalized spacial score (nSPS) is 11.2. The number of benzene rings is 2. The third-order valence-corrected chi connectivity index (χ3v) is 4.93. The van der Waals surface area contributed by atoms with Crippen LogP contribution in [0, 0.1) is 6.92 Å². The van der Waals surface area contributed by atoms with Crippen molar-refractivity contribution < 1.29 is 13.2 Å². The van der Waals surface area contributed by atoms with Gasteiger partial charge in [-0.2, -0.15) is 0 Å². The van der Waals surface area contributed by atoms with Gasteiger partial charge < -0.3 is 10.5 Å². The molecule has 0 heterocycles. The Morgan fingerprint density at radius 2 is 1.90 bits per heavy atom. The summed E-state index contributed by atoms with van der Waals surface area (Å²) in [5.41, 5.74) is 7.33. The first-order valence-corrected chi connectivity index (χ1v) is 8.33. The molecule has 0 amide bonds. The Morgan fingerprint density at radius 3 is 2.48 bits per heavy atom. The molecule has 2 rings (SSSR count). The van der Waals surface area contributed by atoms with E-state index in [9.17, 15) is 8.42 Å². The summed E-state index contributed by atoms with van der Waals surface area (Å²) >= 11 is 3.31. The summed E-state index contributed by atoms with van der Waals surface area (Å²) in [5, 5.41) is 0. The lowest BCUT2D eigenvalue weighted by atomic mass is 10.2. The Morgan fingerprint density at radius 1 is 1.19 bits per heavy atom. The molecule has 0 fully saturated rings. The second kappa shape index (κ2) is 5.95. The predicted octanol–water partition coefficient (Wildman–Crippen LogP) is 3.15. The number of nitrogens with two attached hydrogens (primary N) is 1. The number of halogens is 1. The summed E-state index contributed by atoms with van der Waals surface area (Å²) in [6.07, 6.45) is 0. The van der Waals surface area contributed by atoms with Gasteiger partial charge in [0.25, 0.3) is 10.0 Å². The number of nitrogen functional groups attached to an aromatic ring is 1. The number of nitrogens with one attached hydrogen (secondary N) is 1. The molecule has 0 aliphatic rings. The van der Waals surface area contributed by atoms with Crippen LogP contribution in [0.3, 0.4) is 0 Å². The van der Waals surface area contributed by atoms with E-state index < -0.39 is 10.0 Å². The van der Waals surface area contributed by atoms with E-state index in [4.69, 9.17) is 10.5 Å². The van der Waals surface area contributed by atoms with Gasteiger partial charge >= 0.3 is 0 Å². The zero-order valence-corrected chi connectivity index (χ0v) is 14.0. The van der Waals surface area contributed by atoms with Crippen LogP contribution < -0.4 is 15.2 Å². The van der Waals surface area contributed by atoms with Gasteiger partial charge in [-0.1, -0.05) is 6.07 Å². The number of aryl methyl sites for hydroxylation is 1. The highest BCUT2D eigenvalue weighted by Gasteiger charge is 2.18. The molecule has 0 spiro atoms. The highest BCUT2D eigenvalue weighted by Crippen LogP contribution is 2.29. The van der Waals surface area contributed by atoms with Gasteiger partial charge in [0.05, 0.1) is 23.0 Å². The Hall–Kier alpha value is -1.73. The summed E-state index contributed by atoms with van der Waals surface area (Å²) in [6, 6.07) is 9.73. The highest BCUT2D eigenvalue weighted by molar-refractivity contribution is 9.10. The first-order chi connectivity index (χ1) is 9.83. The molecular weight excluding hydrogens is 356 g/mol. The fourth-order valence-corrected chi connectivity index (χ4v) is 3.56. The third kappa shape index (κ3) is 3.48. The summed E-state index contributed by atoms with van der Waals surface area (Å²) in [5.74, 6) is 0.618. The molecule has 0 saturated carbocycles. The number of methoxy groups -OCH3 is 1. The Balaban J connectivity index is 2.35. The molecule has 0 bridgehead atoms. The van der Waals surface area contributed by atoms with Crippen molar-refractivity contribution in [3.63, 3.8) is 0 Å². The fourth-order valence-electron chi connectivity index (χ4n) is 1.85. The summed E-state index contributed by atoms with van der Waals surface area (Å²) in [7, 11) is -2.20. The Kier molecular flexibility index (Phi) is 4.43. The SMILES string of the molecule is COc1ccc(NS(=O)(=O)c2ccc(C)cc2N)cc1Br. The molecule has 21 heavy (non-hydrogen) atoms. The average molecular weight is 371 g/mol. The highest BCUT2D eigenvalue weighted by atomic mass is 79.9. The van der Waals surface area contributed by atoms with Crippen LogP contribution in [0.25, 0.3) is 0 Å². The number of ether oxygens (including phenoxy) is 1. The maximum atomic E-state index is 12.4. The minimum absolute atomic E-state index is 0.0556. The maximum Gasteiger partial charge on any atom is 0.263 e. The molecule has 2 aromatic carbocycles. The minimum Gasteiger partial charge on any atom is -0.496 e. The van der Waals surface area contributed by atoms with Crippen LogP contribution in [0.5, 0.6) is 5.75 Å². The van der Waals surface area contributed by atoms with Crippen molar-refractivity contribution in [1.29, 1.82) is 0 Å². The molecule has 0 radical (unpaired) electrons. The van der Waals surface area contributed by atoms with Crippen molar-refractivity contribution in [3.8, 4) is 5.75 Å². The number of hydrogen-bond acceptors (Lipinski definition) is 4. The standard InChI is InChI=1S/C14H15BrN2O3S/c1-9-3-6-14(12(16)7-9)21(18,19)17-10-4-5-13(20-2)11(15)8-10/h3-8,17H,16H2,1-2H3. The van der Waals surface area contributed by atoms with Crippen molar-refractivity contribution in [2.45, 2.75) is 11.8 Å². The van der Waals surface area contributed by atoms with Crippen LogP contribution in [0.1, 0.15) is 5.56 Å². The molecule has 0 atom stereocenters. The maximum absolute atomic E-state index is 12.4. The largest absolute Gasteiger partial charge is 0.496 e. The minimum atomic E-state index is -3.73. The van der Waals surface area contributed by atoms with E-state index in [2.05, 4.69) is 20.7 Å². The van der Waals surface area contributed by atoms with Gasteiger partial charge in [0.1, 0.15) is 10.6 Å². The molecule has 0 saturated heterocycles. The summed E-state index contributed by atoms with van der Waals surface area (Å²) < 4.78 is 33.0. The molecule has 0 aromatic heterocycles. The lowest BCUT2D eigenvalue weighted by Crippen LogP contribution is -2.15. The molecule has 0 aliphatic heterocycles. The van der Waals surface area contributed by atoms with Gasteiger partial charge in [-0.25, -0.2) is 8.42 Å². The molecule has 112 valence electrons. The first-order valence-electron chi connectivity index (χ1n) is 6.06. The lowest BCUT2D eigenvalue weighted by Gasteiger charge is -2.12. The number of rotatable bonds is 4. The average Bonchev–Trinajstić information content (AvgIpc) is 2.37. The summed E-state index contributed by atoms with van der Waals surface area (Å²) in [4.78, 5) is 0.0556. The van der Waals surface area contributed by atoms with Gasteiger partial charge in [-0.15, -0.1) is 0 Å². The van der Waals surface area contributed by atoms with Crippen molar-refractivity contribution in [3.05, 3.63) is 46.4 Å². The molecule has 2 aromatic rings. The Labute approximate surface area is 132 Å². The van der Waals surface area contributed by atoms with Crippen molar-refractivity contribution in [1.82, 2.24) is 0 Å². The molecular formula is C14H15BrN2O3S. The van der Waals surface area contributed by atoms with Gasteiger partial charge in [-0.05, 0) is 58.7 Å². The third-order valence-electron chi connectivity index (χ3n) is 2.86.